The summed E-state index contributed by atoms with van der Waals surface area (Å²) in [4.78, 5) is 1.66. The second-order valence-corrected chi connectivity index (χ2v) is 10.4. The molecule has 0 radical (unpaired) electrons. The van der Waals surface area contributed by atoms with E-state index >= 15 is 0 Å². The van der Waals surface area contributed by atoms with Crippen LogP contribution >= 0.6 is 11.8 Å². The summed E-state index contributed by atoms with van der Waals surface area (Å²) >= 11 is 1.45. The van der Waals surface area contributed by atoms with Crippen molar-refractivity contribution >= 4 is 28.7 Å². The van der Waals surface area contributed by atoms with Crippen molar-refractivity contribution in [2.24, 2.45) is 0 Å². The second kappa shape index (κ2) is 8.07. The molecule has 4 heterocycles. The van der Waals surface area contributed by atoms with Crippen molar-refractivity contribution in [3.8, 4) is 11.1 Å². The number of nitrogens with one attached hydrogen (secondary N) is 1. The van der Waals surface area contributed by atoms with Gasteiger partial charge in [0.1, 0.15) is 11.3 Å². The molecule has 5 N–H and O–H groups in total. The van der Waals surface area contributed by atoms with Gasteiger partial charge in [-0.05, 0) is 57.9 Å². The van der Waals surface area contributed by atoms with Crippen LogP contribution in [0, 0.1) is 12.7 Å². The molecule has 4 aromatic rings. The molecule has 0 unspecified atom stereocenters. The molecule has 0 bridgehead atoms. The van der Waals surface area contributed by atoms with Crippen molar-refractivity contribution < 1.29 is 4.39 Å². The fraction of sp³-hybridized carbons (Fsp3) is 0.333. The first-order valence-electron chi connectivity index (χ1n) is 11.0. The lowest BCUT2D eigenvalue weighted by Crippen LogP contribution is -2.47. The fourth-order valence-electron chi connectivity index (χ4n) is 4.46. The van der Waals surface area contributed by atoms with E-state index in [0.29, 0.717) is 17.4 Å². The molecule has 1 saturated heterocycles. The Labute approximate surface area is 196 Å². The van der Waals surface area contributed by atoms with Crippen LogP contribution in [0.5, 0.6) is 0 Å². The Morgan fingerprint density at radius 1 is 1.12 bits per heavy atom. The first kappa shape index (κ1) is 21.8. The predicted octanol–water partition coefficient (Wildman–Crippen LogP) is 4.66. The molecule has 0 spiro atoms. The fourth-order valence-corrected chi connectivity index (χ4v) is 5.50. The minimum absolute atomic E-state index is 0.166. The molecule has 5 rings (SSSR count). The van der Waals surface area contributed by atoms with Gasteiger partial charge in [0.15, 0.2) is 0 Å². The lowest BCUT2D eigenvalue weighted by molar-refractivity contribution is 0.231. The number of nitrogen functional groups attached to an aromatic ring is 2. The lowest BCUT2D eigenvalue weighted by Gasteiger charge is -2.36. The summed E-state index contributed by atoms with van der Waals surface area (Å²) in [6, 6.07) is 6.83. The highest BCUT2D eigenvalue weighted by molar-refractivity contribution is 7.99. The van der Waals surface area contributed by atoms with Crippen LogP contribution in [0.2, 0.25) is 0 Å². The number of anilines is 2. The maximum absolute atomic E-state index is 13.5. The quantitative estimate of drug-likeness (QED) is 0.379. The highest BCUT2D eigenvalue weighted by Crippen LogP contribution is 2.39. The zero-order valence-electron chi connectivity index (χ0n) is 19.0. The van der Waals surface area contributed by atoms with E-state index in [0.717, 1.165) is 51.5 Å². The van der Waals surface area contributed by atoms with E-state index in [-0.39, 0.29) is 11.4 Å². The third-order valence-corrected chi connectivity index (χ3v) is 7.54. The van der Waals surface area contributed by atoms with Crippen molar-refractivity contribution in [3.63, 3.8) is 0 Å². The predicted molar refractivity (Wildman–Crippen MR) is 131 cm³/mol. The van der Waals surface area contributed by atoms with Crippen molar-refractivity contribution in [1.29, 1.82) is 0 Å². The van der Waals surface area contributed by atoms with Crippen LogP contribution in [0.15, 0.2) is 52.6 Å². The van der Waals surface area contributed by atoms with Crippen LogP contribution < -0.4 is 16.8 Å². The van der Waals surface area contributed by atoms with E-state index in [2.05, 4.69) is 41.9 Å². The molecular formula is C24H28FN7S. The number of halogens is 1. The number of benzene rings is 1. The molecule has 1 aliphatic heterocycles. The van der Waals surface area contributed by atoms with Crippen molar-refractivity contribution in [3.05, 3.63) is 54.4 Å². The van der Waals surface area contributed by atoms with E-state index in [9.17, 15) is 4.39 Å². The molecule has 1 atom stereocenters. The Kier molecular flexibility index (Phi) is 5.33. The smallest absolute Gasteiger partial charge is 0.125 e. The molecule has 0 saturated carbocycles. The van der Waals surface area contributed by atoms with Gasteiger partial charge in [0.05, 0.1) is 24.1 Å². The van der Waals surface area contributed by atoms with E-state index in [1.807, 2.05) is 12.4 Å². The van der Waals surface area contributed by atoms with Crippen molar-refractivity contribution in [1.82, 2.24) is 24.7 Å². The molecule has 7 nitrogen and oxygen atoms in total. The largest absolute Gasteiger partial charge is 0.398 e. The van der Waals surface area contributed by atoms with E-state index in [1.165, 1.54) is 23.9 Å². The molecule has 9 heteroatoms. The van der Waals surface area contributed by atoms with E-state index in [1.54, 1.807) is 16.8 Å². The van der Waals surface area contributed by atoms with Gasteiger partial charge in [0.2, 0.25) is 0 Å². The summed E-state index contributed by atoms with van der Waals surface area (Å²) in [5, 5.41) is 12.8. The van der Waals surface area contributed by atoms with Gasteiger partial charge in [-0.1, -0.05) is 11.8 Å². The second-order valence-electron chi connectivity index (χ2n) is 9.32. The molecule has 172 valence electrons. The first-order valence-corrected chi connectivity index (χ1v) is 11.8. The average molecular weight is 466 g/mol. The number of rotatable bonds is 4. The number of hydrogen-bond donors (Lipinski definition) is 3. The van der Waals surface area contributed by atoms with Crippen LogP contribution in [0.1, 0.15) is 38.4 Å². The van der Waals surface area contributed by atoms with Crippen LogP contribution in [0.3, 0.4) is 0 Å². The van der Waals surface area contributed by atoms with Gasteiger partial charge in [-0.2, -0.15) is 10.2 Å². The van der Waals surface area contributed by atoms with Crippen LogP contribution in [0.25, 0.3) is 16.6 Å². The summed E-state index contributed by atoms with van der Waals surface area (Å²) in [5.74, 6) is -0.358. The third kappa shape index (κ3) is 4.06. The summed E-state index contributed by atoms with van der Waals surface area (Å²) in [6.07, 6.45) is 7.72. The molecule has 1 aliphatic rings. The maximum Gasteiger partial charge on any atom is 0.125 e. The summed E-state index contributed by atoms with van der Waals surface area (Å²) in [5.41, 5.74) is 17.4. The Balaban J connectivity index is 1.54. The minimum atomic E-state index is -0.358. The molecule has 1 aromatic carbocycles. The van der Waals surface area contributed by atoms with Gasteiger partial charge < -0.3 is 16.8 Å². The Hall–Kier alpha value is -3.04. The van der Waals surface area contributed by atoms with E-state index in [4.69, 9.17) is 16.6 Å². The van der Waals surface area contributed by atoms with Crippen molar-refractivity contribution in [2.45, 2.75) is 55.0 Å². The normalized spacial score (nSPS) is 18.1. The zero-order chi connectivity index (χ0) is 23.3. The molecule has 0 amide bonds. The first-order chi connectivity index (χ1) is 15.7. The number of piperidine rings is 1. The number of nitrogens with two attached hydrogens (primary N) is 2. The molecule has 1 fully saturated rings. The van der Waals surface area contributed by atoms with Crippen LogP contribution in [-0.4, -0.2) is 31.5 Å². The van der Waals surface area contributed by atoms with Gasteiger partial charge in [0.25, 0.3) is 0 Å². The highest BCUT2D eigenvalue weighted by Gasteiger charge is 2.28. The topological polar surface area (TPSA) is 99.2 Å². The van der Waals surface area contributed by atoms with Gasteiger partial charge in [-0.15, -0.1) is 0 Å². The Bertz CT molecular complexity index is 1330. The lowest BCUT2D eigenvalue weighted by atomic mass is 9.91. The van der Waals surface area contributed by atoms with Gasteiger partial charge >= 0.3 is 0 Å². The number of pyridine rings is 1. The molecular weight excluding hydrogens is 437 g/mol. The summed E-state index contributed by atoms with van der Waals surface area (Å²) in [7, 11) is 0. The molecule has 0 aliphatic carbocycles. The average Bonchev–Trinajstić information content (AvgIpc) is 3.33. The monoisotopic (exact) mass is 465 g/mol. The summed E-state index contributed by atoms with van der Waals surface area (Å²) < 4.78 is 17.5. The Morgan fingerprint density at radius 2 is 1.94 bits per heavy atom. The highest BCUT2D eigenvalue weighted by atomic mass is 32.2. The van der Waals surface area contributed by atoms with Crippen LogP contribution in [0.4, 0.5) is 15.8 Å². The zero-order valence-corrected chi connectivity index (χ0v) is 19.8. The van der Waals surface area contributed by atoms with Gasteiger partial charge in [-0.3, -0.25) is 4.68 Å². The summed E-state index contributed by atoms with van der Waals surface area (Å²) in [6.45, 7) is 7.48. The molecule has 33 heavy (non-hydrogen) atoms. The third-order valence-electron chi connectivity index (χ3n) is 6.42. The molecule has 3 aromatic heterocycles. The standard InChI is InChI=1S/C24H28FN7S/c1-14-18(11-30-32(14)17-6-7-24(2,3)28-10-17)15-8-22(23-20(27)12-29-31(23)13-15)33-21-5-4-16(25)9-19(21)26/h4-5,8-9,11-13,17,28H,6-7,10,26-27H2,1-3H3/t17-/m0/s1. The number of aromatic nitrogens is 4. The van der Waals surface area contributed by atoms with Crippen molar-refractivity contribution in [2.75, 3.05) is 18.0 Å². The Morgan fingerprint density at radius 3 is 2.67 bits per heavy atom. The number of fused-ring (bicyclic) bond motifs is 1. The van der Waals surface area contributed by atoms with E-state index < -0.39 is 0 Å². The maximum atomic E-state index is 13.5. The minimum Gasteiger partial charge on any atom is -0.398 e. The van der Waals surface area contributed by atoms with Crippen LogP contribution in [-0.2, 0) is 0 Å². The van der Waals surface area contributed by atoms with Gasteiger partial charge in [-0.25, -0.2) is 8.91 Å². The number of hydrogen-bond acceptors (Lipinski definition) is 6. The number of nitrogens with zero attached hydrogens (tertiary/aromatic N) is 4. The SMILES string of the molecule is Cc1c(-c2cc(Sc3ccc(F)cc3N)c3c(N)cnn3c2)cnn1[C@H]1CCC(C)(C)NC1. The van der Waals surface area contributed by atoms with Gasteiger partial charge in [0, 0.05) is 50.6 Å².